The van der Waals surface area contributed by atoms with Gasteiger partial charge in [0.25, 0.3) is 0 Å². The quantitative estimate of drug-likeness (QED) is 0.318. The first-order chi connectivity index (χ1) is 14.4. The van der Waals surface area contributed by atoms with E-state index in [9.17, 15) is 4.79 Å². The van der Waals surface area contributed by atoms with Gasteiger partial charge in [-0.2, -0.15) is 0 Å². The summed E-state index contributed by atoms with van der Waals surface area (Å²) in [5.41, 5.74) is 4.63. The van der Waals surface area contributed by atoms with E-state index >= 15 is 0 Å². The zero-order valence-corrected chi connectivity index (χ0v) is 18.2. The molecule has 1 aromatic heterocycles. The minimum Gasteiger partial charge on any atom is -0.488 e. The molecule has 1 heterocycles. The average Bonchev–Trinajstić information content (AvgIpc) is 2.74. The van der Waals surface area contributed by atoms with Crippen LogP contribution in [0, 0.1) is 13.8 Å². The molecule has 5 heteroatoms. The number of halogens is 2. The van der Waals surface area contributed by atoms with Crippen molar-refractivity contribution in [3.63, 3.8) is 0 Å². The van der Waals surface area contributed by atoms with Crippen molar-refractivity contribution in [2.24, 2.45) is 0 Å². The molecule has 0 amide bonds. The van der Waals surface area contributed by atoms with Gasteiger partial charge in [-0.25, -0.2) is 4.79 Å². The van der Waals surface area contributed by atoms with Gasteiger partial charge in [0.2, 0.25) is 0 Å². The van der Waals surface area contributed by atoms with E-state index in [0.717, 1.165) is 27.6 Å². The van der Waals surface area contributed by atoms with Gasteiger partial charge in [0.1, 0.15) is 17.9 Å². The largest absolute Gasteiger partial charge is 0.488 e. The zero-order valence-electron chi connectivity index (χ0n) is 16.7. The van der Waals surface area contributed by atoms with Gasteiger partial charge in [-0.05, 0) is 54.8 Å². The molecule has 0 aliphatic carbocycles. The van der Waals surface area contributed by atoms with E-state index in [2.05, 4.69) is 0 Å². The van der Waals surface area contributed by atoms with Crippen molar-refractivity contribution in [3.05, 3.63) is 109 Å². The number of ether oxygens (including phenoxy) is 1. The van der Waals surface area contributed by atoms with Gasteiger partial charge in [-0.1, -0.05) is 59.6 Å². The minimum atomic E-state index is -0.311. The third kappa shape index (κ3) is 4.09. The number of hydrogen-bond donors (Lipinski definition) is 0. The second-order valence-corrected chi connectivity index (χ2v) is 8.07. The fraction of sp³-hybridized carbons (Fsp3) is 0.160. The Kier molecular flexibility index (Phi) is 5.85. The molecule has 3 aromatic carbocycles. The molecule has 0 aliphatic rings. The molecular weight excluding hydrogens is 419 g/mol. The Hall–Kier alpha value is -2.75. The van der Waals surface area contributed by atoms with Gasteiger partial charge in [0.15, 0.2) is 0 Å². The second-order valence-electron chi connectivity index (χ2n) is 7.26. The topological polar surface area (TPSA) is 39.4 Å². The second kappa shape index (κ2) is 8.55. The van der Waals surface area contributed by atoms with Crippen LogP contribution in [0.25, 0.3) is 11.0 Å². The Balaban J connectivity index is 1.66. The molecule has 0 aliphatic heterocycles. The summed E-state index contributed by atoms with van der Waals surface area (Å²) in [6, 6.07) is 19.2. The van der Waals surface area contributed by atoms with Crippen molar-refractivity contribution in [2.45, 2.75) is 26.9 Å². The molecule has 152 valence electrons. The molecule has 0 saturated heterocycles. The van der Waals surface area contributed by atoms with Crippen LogP contribution in [0.5, 0.6) is 5.75 Å². The summed E-state index contributed by atoms with van der Waals surface area (Å²) < 4.78 is 11.7. The van der Waals surface area contributed by atoms with E-state index < -0.39 is 0 Å². The maximum absolute atomic E-state index is 12.7. The van der Waals surface area contributed by atoms with Crippen molar-refractivity contribution in [3.8, 4) is 5.75 Å². The normalized spacial score (nSPS) is 11.1. The molecule has 4 aromatic rings. The molecule has 0 radical (unpaired) electrons. The summed E-state index contributed by atoms with van der Waals surface area (Å²) in [7, 11) is 0. The van der Waals surface area contributed by atoms with Crippen LogP contribution in [0.3, 0.4) is 0 Å². The number of rotatable bonds is 5. The summed E-state index contributed by atoms with van der Waals surface area (Å²) in [6.45, 7) is 4.19. The van der Waals surface area contributed by atoms with Gasteiger partial charge in [-0.3, -0.25) is 0 Å². The third-order valence-corrected chi connectivity index (χ3v) is 6.00. The standard InChI is InChI=1S/C25H20Cl2O3/c1-15-19-9-11-23(29-14-18-8-10-21(26)22(27)13-18)16(2)24(19)30-25(28)20(15)12-17-6-4-3-5-7-17/h3-11,13H,12,14H2,1-2H3. The predicted molar refractivity (Wildman–Crippen MR) is 122 cm³/mol. The van der Waals surface area contributed by atoms with Crippen LogP contribution in [0.2, 0.25) is 10.0 Å². The van der Waals surface area contributed by atoms with Gasteiger partial charge in [0, 0.05) is 22.9 Å². The summed E-state index contributed by atoms with van der Waals surface area (Å²) in [5.74, 6) is 0.659. The van der Waals surface area contributed by atoms with Crippen LogP contribution in [0.1, 0.15) is 27.8 Å². The highest BCUT2D eigenvalue weighted by Gasteiger charge is 2.16. The number of benzene rings is 3. The van der Waals surface area contributed by atoms with Crippen LogP contribution in [-0.2, 0) is 13.0 Å². The Morgan fingerprint density at radius 3 is 2.37 bits per heavy atom. The lowest BCUT2D eigenvalue weighted by Crippen LogP contribution is -2.11. The smallest absolute Gasteiger partial charge is 0.340 e. The summed E-state index contributed by atoms with van der Waals surface area (Å²) >= 11 is 12.0. The number of hydrogen-bond acceptors (Lipinski definition) is 3. The monoisotopic (exact) mass is 438 g/mol. The van der Waals surface area contributed by atoms with E-state index in [0.29, 0.717) is 40.0 Å². The first-order valence-corrected chi connectivity index (χ1v) is 10.4. The van der Waals surface area contributed by atoms with Crippen LogP contribution in [0.4, 0.5) is 0 Å². The summed E-state index contributed by atoms with van der Waals surface area (Å²) in [5, 5.41) is 1.91. The van der Waals surface area contributed by atoms with Gasteiger partial charge < -0.3 is 9.15 Å². The fourth-order valence-corrected chi connectivity index (χ4v) is 3.84. The van der Waals surface area contributed by atoms with E-state index in [1.165, 1.54) is 0 Å². The third-order valence-electron chi connectivity index (χ3n) is 5.26. The highest BCUT2D eigenvalue weighted by Crippen LogP contribution is 2.31. The Labute approximate surface area is 184 Å². The number of fused-ring (bicyclic) bond motifs is 1. The molecule has 0 N–H and O–H groups in total. The molecule has 3 nitrogen and oxygen atoms in total. The molecule has 0 bridgehead atoms. The van der Waals surface area contributed by atoms with Gasteiger partial charge >= 0.3 is 5.63 Å². The van der Waals surface area contributed by atoms with Crippen LogP contribution >= 0.6 is 23.2 Å². The van der Waals surface area contributed by atoms with E-state index in [-0.39, 0.29) is 5.63 Å². The zero-order chi connectivity index (χ0) is 21.3. The molecular formula is C25H20Cl2O3. The van der Waals surface area contributed by atoms with E-state index in [1.807, 2.05) is 62.4 Å². The van der Waals surface area contributed by atoms with Gasteiger partial charge in [-0.15, -0.1) is 0 Å². The summed E-state index contributed by atoms with van der Waals surface area (Å²) in [4.78, 5) is 12.7. The Morgan fingerprint density at radius 2 is 1.63 bits per heavy atom. The van der Waals surface area contributed by atoms with Crippen LogP contribution < -0.4 is 10.4 Å². The fourth-order valence-electron chi connectivity index (χ4n) is 3.52. The van der Waals surface area contributed by atoms with Gasteiger partial charge in [0.05, 0.1) is 10.0 Å². The Morgan fingerprint density at radius 1 is 0.867 bits per heavy atom. The first kappa shape index (κ1) is 20.5. The van der Waals surface area contributed by atoms with Crippen LogP contribution in [0.15, 0.2) is 69.9 Å². The van der Waals surface area contributed by atoms with E-state index in [4.69, 9.17) is 32.4 Å². The average molecular weight is 439 g/mol. The highest BCUT2D eigenvalue weighted by molar-refractivity contribution is 6.42. The molecule has 30 heavy (non-hydrogen) atoms. The number of aryl methyl sites for hydroxylation is 2. The Bertz CT molecular complexity index is 1280. The van der Waals surface area contributed by atoms with Crippen molar-refractivity contribution in [1.82, 2.24) is 0 Å². The van der Waals surface area contributed by atoms with Crippen LogP contribution in [-0.4, -0.2) is 0 Å². The first-order valence-electron chi connectivity index (χ1n) is 9.60. The molecule has 0 atom stereocenters. The summed E-state index contributed by atoms with van der Waals surface area (Å²) in [6.07, 6.45) is 0.541. The maximum atomic E-state index is 12.7. The molecule has 0 saturated carbocycles. The lowest BCUT2D eigenvalue weighted by atomic mass is 9.98. The minimum absolute atomic E-state index is 0.311. The predicted octanol–water partition coefficient (Wildman–Crippen LogP) is 6.89. The van der Waals surface area contributed by atoms with Crippen molar-refractivity contribution in [1.29, 1.82) is 0 Å². The molecule has 0 spiro atoms. The molecule has 0 fully saturated rings. The van der Waals surface area contributed by atoms with Crippen molar-refractivity contribution >= 4 is 34.2 Å². The maximum Gasteiger partial charge on any atom is 0.340 e. The molecule has 4 rings (SSSR count). The van der Waals surface area contributed by atoms with Crippen molar-refractivity contribution in [2.75, 3.05) is 0 Å². The lowest BCUT2D eigenvalue weighted by molar-refractivity contribution is 0.304. The highest BCUT2D eigenvalue weighted by atomic mass is 35.5. The van der Waals surface area contributed by atoms with E-state index in [1.54, 1.807) is 12.1 Å². The lowest BCUT2D eigenvalue weighted by Gasteiger charge is -2.14. The SMILES string of the molecule is Cc1c(Cc2ccccc2)c(=O)oc2c(C)c(OCc3ccc(Cl)c(Cl)c3)ccc12. The molecule has 0 unspecified atom stereocenters. The van der Waals surface area contributed by atoms with Crippen molar-refractivity contribution < 1.29 is 9.15 Å².